The Labute approximate surface area is 233 Å². The number of allylic oxidation sites excluding steroid dienone is 1. The number of rotatable bonds is 13. The molecule has 39 heavy (non-hydrogen) atoms. The third kappa shape index (κ3) is 9.70. The first kappa shape index (κ1) is 29.6. The fourth-order valence-corrected chi connectivity index (χ4v) is 4.29. The Morgan fingerprint density at radius 3 is 2.54 bits per heavy atom. The van der Waals surface area contributed by atoms with Crippen LogP contribution < -0.4 is 21.1 Å². The largest absolute Gasteiger partial charge is 0.491 e. The number of thioether (sulfide) groups is 1. The van der Waals surface area contributed by atoms with Gasteiger partial charge in [-0.05, 0) is 85.2 Å². The average Bonchev–Trinajstić information content (AvgIpc) is 2.94. The van der Waals surface area contributed by atoms with E-state index in [0.29, 0.717) is 35.7 Å². The highest BCUT2D eigenvalue weighted by atomic mass is 32.2. The highest BCUT2D eigenvalue weighted by molar-refractivity contribution is 7.98. The predicted molar refractivity (Wildman–Crippen MR) is 157 cm³/mol. The Morgan fingerprint density at radius 1 is 1.05 bits per heavy atom. The van der Waals surface area contributed by atoms with Gasteiger partial charge in [-0.3, -0.25) is 10.1 Å². The van der Waals surface area contributed by atoms with Crippen molar-refractivity contribution in [1.82, 2.24) is 0 Å². The van der Waals surface area contributed by atoms with Crippen molar-refractivity contribution in [2.75, 3.05) is 35.8 Å². The number of hydrogen-bond acceptors (Lipinski definition) is 7. The number of amides is 2. The summed E-state index contributed by atoms with van der Waals surface area (Å²) < 4.78 is 11.5. The fourth-order valence-electron chi connectivity index (χ4n) is 3.88. The molecule has 206 valence electrons. The molecule has 3 rings (SSSR count). The maximum absolute atomic E-state index is 12.9. The van der Waals surface area contributed by atoms with Gasteiger partial charge in [-0.15, -0.1) is 11.8 Å². The first-order valence-corrected chi connectivity index (χ1v) is 13.9. The third-order valence-electron chi connectivity index (χ3n) is 5.91. The lowest BCUT2D eigenvalue weighted by atomic mass is 9.93. The maximum atomic E-state index is 12.9. The number of para-hydroxylation sites is 2. The van der Waals surface area contributed by atoms with E-state index in [-0.39, 0.29) is 25.0 Å². The smallest absolute Gasteiger partial charge is 0.412 e. The molecular weight excluding hydrogens is 514 g/mol. The van der Waals surface area contributed by atoms with Gasteiger partial charge in [0, 0.05) is 10.6 Å². The molecule has 0 fully saturated rings. The Bertz CT molecular complexity index is 1250. The number of hydrogen-bond donors (Lipinski definition) is 4. The summed E-state index contributed by atoms with van der Waals surface area (Å²) in [7, 11) is 0. The predicted octanol–water partition coefficient (Wildman–Crippen LogP) is 6.26. The topological polar surface area (TPSA) is 123 Å². The second-order valence-electron chi connectivity index (χ2n) is 8.86. The van der Waals surface area contributed by atoms with Gasteiger partial charge in [-0.1, -0.05) is 37.3 Å². The van der Waals surface area contributed by atoms with E-state index < -0.39 is 12.2 Å². The van der Waals surface area contributed by atoms with Crippen molar-refractivity contribution in [2.45, 2.75) is 30.8 Å². The highest BCUT2D eigenvalue weighted by Gasteiger charge is 2.24. The van der Waals surface area contributed by atoms with E-state index in [1.807, 2.05) is 55.6 Å². The highest BCUT2D eigenvalue weighted by Crippen LogP contribution is 2.32. The number of carbonyl (C=O) groups excluding carboxylic acids is 2. The van der Waals surface area contributed by atoms with Gasteiger partial charge in [0.2, 0.25) is 5.91 Å². The Balaban J connectivity index is 1.66. The van der Waals surface area contributed by atoms with Gasteiger partial charge in [0.05, 0.1) is 18.0 Å². The van der Waals surface area contributed by atoms with Gasteiger partial charge in [-0.25, -0.2) is 4.79 Å². The Hall–Kier alpha value is -3.95. The van der Waals surface area contributed by atoms with Crippen molar-refractivity contribution >= 4 is 40.8 Å². The fraction of sp³-hybridized carbons (Fsp3) is 0.267. The normalized spacial score (nSPS) is 12.5. The lowest BCUT2D eigenvalue weighted by molar-refractivity contribution is -0.111. The van der Waals surface area contributed by atoms with Crippen LogP contribution in [-0.2, 0) is 9.53 Å². The minimum Gasteiger partial charge on any atom is -0.491 e. The second kappa shape index (κ2) is 15.5. The van der Waals surface area contributed by atoms with E-state index in [9.17, 15) is 9.59 Å². The lowest BCUT2D eigenvalue weighted by Crippen LogP contribution is -2.22. The molecule has 9 heteroatoms. The summed E-state index contributed by atoms with van der Waals surface area (Å²) in [4.78, 5) is 26.2. The lowest BCUT2D eigenvalue weighted by Gasteiger charge is -2.25. The van der Waals surface area contributed by atoms with Crippen LogP contribution in [0.1, 0.15) is 31.4 Å². The molecule has 0 radical (unpaired) electrons. The van der Waals surface area contributed by atoms with Crippen molar-refractivity contribution in [1.29, 1.82) is 0 Å². The number of anilines is 3. The van der Waals surface area contributed by atoms with Crippen LogP contribution in [0, 0.1) is 5.92 Å². The quantitative estimate of drug-likeness (QED) is 0.113. The van der Waals surface area contributed by atoms with Gasteiger partial charge >= 0.3 is 6.09 Å². The van der Waals surface area contributed by atoms with E-state index in [4.69, 9.17) is 20.3 Å². The molecule has 2 atom stereocenters. The van der Waals surface area contributed by atoms with Gasteiger partial charge in [0.25, 0.3) is 0 Å². The Morgan fingerprint density at radius 2 is 1.82 bits per heavy atom. The van der Waals surface area contributed by atoms with Crippen LogP contribution in [0.15, 0.2) is 89.8 Å². The van der Waals surface area contributed by atoms with Gasteiger partial charge in [0.15, 0.2) is 0 Å². The summed E-state index contributed by atoms with van der Waals surface area (Å²) in [6, 6.07) is 21.9. The number of aliphatic hydroxyl groups is 1. The number of nitrogen functional groups attached to an aromatic ring is 1. The molecule has 5 N–H and O–H groups in total. The van der Waals surface area contributed by atoms with E-state index in [1.54, 1.807) is 48.2 Å². The standard InChI is InChI=1S/C30H35N3O5S/c1-21(8-3-6-13-28(35)33-27-12-5-4-11-26(27)31)29(22-9-7-10-24(20-22)37-19-18-34)38-30(36)32-23-14-16-25(39-2)17-15-23/h4-7,9-17,20-21,29,34H,3,8,18-19,31H2,1-2H3,(H,32,36)(H,33,35)/b13-6+/t21-,29-/m0/s1. The van der Waals surface area contributed by atoms with Gasteiger partial charge < -0.3 is 25.6 Å². The average molecular weight is 550 g/mol. The van der Waals surface area contributed by atoms with E-state index in [1.165, 1.54) is 6.08 Å². The van der Waals surface area contributed by atoms with Crippen LogP contribution in [-0.4, -0.2) is 36.6 Å². The number of carbonyl (C=O) groups is 2. The van der Waals surface area contributed by atoms with Crippen LogP contribution in [0.4, 0.5) is 21.9 Å². The maximum Gasteiger partial charge on any atom is 0.412 e. The zero-order valence-corrected chi connectivity index (χ0v) is 22.9. The summed E-state index contributed by atoms with van der Waals surface area (Å²) >= 11 is 1.62. The first-order valence-electron chi connectivity index (χ1n) is 12.7. The first-order chi connectivity index (χ1) is 18.9. The van der Waals surface area contributed by atoms with Crippen LogP contribution in [0.25, 0.3) is 0 Å². The van der Waals surface area contributed by atoms with E-state index in [0.717, 1.165) is 10.5 Å². The zero-order chi connectivity index (χ0) is 28.0. The minimum atomic E-state index is -0.570. The van der Waals surface area contributed by atoms with Crippen molar-refractivity contribution in [3.63, 3.8) is 0 Å². The molecule has 2 amide bonds. The molecule has 0 saturated carbocycles. The van der Waals surface area contributed by atoms with Crippen molar-refractivity contribution < 1.29 is 24.2 Å². The van der Waals surface area contributed by atoms with Crippen molar-refractivity contribution in [3.8, 4) is 5.75 Å². The minimum absolute atomic E-state index is 0.0832. The molecular formula is C30H35N3O5S. The molecule has 0 aliphatic heterocycles. The molecule has 0 unspecified atom stereocenters. The summed E-state index contributed by atoms with van der Waals surface area (Å²) in [5.41, 5.74) is 8.35. The van der Waals surface area contributed by atoms with Crippen LogP contribution in [0.5, 0.6) is 5.75 Å². The molecule has 0 aliphatic rings. The molecule has 0 heterocycles. The molecule has 0 aromatic heterocycles. The third-order valence-corrected chi connectivity index (χ3v) is 6.65. The molecule has 0 aliphatic carbocycles. The molecule has 8 nitrogen and oxygen atoms in total. The van der Waals surface area contributed by atoms with E-state index >= 15 is 0 Å². The summed E-state index contributed by atoms with van der Waals surface area (Å²) in [5.74, 6) is 0.223. The zero-order valence-electron chi connectivity index (χ0n) is 22.1. The van der Waals surface area contributed by atoms with Crippen LogP contribution in [0.2, 0.25) is 0 Å². The molecule has 3 aromatic rings. The second-order valence-corrected chi connectivity index (χ2v) is 9.74. The number of nitrogens with one attached hydrogen (secondary N) is 2. The van der Waals surface area contributed by atoms with Gasteiger partial charge in [-0.2, -0.15) is 0 Å². The SMILES string of the molecule is CSc1ccc(NC(=O)O[C@H](c2cccc(OCCO)c2)[C@@H](C)CC/C=C/C(=O)Nc2ccccc2N)cc1. The summed E-state index contributed by atoms with van der Waals surface area (Å²) in [6.07, 6.45) is 5.36. The Kier molecular flexibility index (Phi) is 11.7. The molecule has 0 saturated heterocycles. The van der Waals surface area contributed by atoms with Crippen molar-refractivity contribution in [2.24, 2.45) is 5.92 Å². The molecule has 0 spiro atoms. The summed E-state index contributed by atoms with van der Waals surface area (Å²) in [6.45, 7) is 2.05. The van der Waals surface area contributed by atoms with E-state index in [2.05, 4.69) is 10.6 Å². The number of benzene rings is 3. The van der Waals surface area contributed by atoms with Crippen LogP contribution >= 0.6 is 11.8 Å². The van der Waals surface area contributed by atoms with Crippen molar-refractivity contribution in [3.05, 3.63) is 90.5 Å². The number of ether oxygens (including phenoxy) is 2. The monoisotopic (exact) mass is 549 g/mol. The van der Waals surface area contributed by atoms with Crippen LogP contribution in [0.3, 0.4) is 0 Å². The summed E-state index contributed by atoms with van der Waals surface area (Å²) in [5, 5.41) is 14.7. The molecule has 0 bridgehead atoms. The van der Waals surface area contributed by atoms with Gasteiger partial charge in [0.1, 0.15) is 18.5 Å². The molecule has 3 aromatic carbocycles. The number of nitrogens with two attached hydrogens (primary N) is 1. The number of aliphatic hydroxyl groups excluding tert-OH is 1.